The molecule has 2 aromatic carbocycles. The molecule has 0 heterocycles. The van der Waals surface area contributed by atoms with Crippen LogP contribution >= 0.6 is 11.6 Å². The van der Waals surface area contributed by atoms with E-state index in [-0.39, 0.29) is 5.56 Å². The highest BCUT2D eigenvalue weighted by molar-refractivity contribution is 6.30. The van der Waals surface area contributed by atoms with E-state index in [0.29, 0.717) is 10.6 Å². The van der Waals surface area contributed by atoms with Gasteiger partial charge in [-0.25, -0.2) is 8.78 Å². The normalized spacial score (nSPS) is 10.3. The van der Waals surface area contributed by atoms with Crippen LogP contribution < -0.4 is 0 Å². The molecule has 17 heavy (non-hydrogen) atoms. The number of carbonyl (C=O) groups excluding carboxylic acids is 1. The number of rotatable bonds is 2. The molecule has 1 nitrogen and oxygen atoms in total. The van der Waals surface area contributed by atoms with Crippen molar-refractivity contribution >= 4 is 17.4 Å². The number of carbonyl (C=O) groups is 1. The summed E-state index contributed by atoms with van der Waals surface area (Å²) < 4.78 is 25.9. The standard InChI is InChI=1S/C13H7ClF2O/c14-10-3-1-8(2-4-10)13(17)9-5-11(15)7-12(16)6-9/h1-7H. The van der Waals surface area contributed by atoms with Crippen molar-refractivity contribution in [1.82, 2.24) is 0 Å². The van der Waals surface area contributed by atoms with Crippen LogP contribution in [-0.4, -0.2) is 5.78 Å². The lowest BCUT2D eigenvalue weighted by molar-refractivity contribution is 0.103. The predicted octanol–water partition coefficient (Wildman–Crippen LogP) is 3.85. The molecule has 0 radical (unpaired) electrons. The Morgan fingerprint density at radius 3 is 1.94 bits per heavy atom. The monoisotopic (exact) mass is 252 g/mol. The van der Waals surface area contributed by atoms with Crippen LogP contribution in [0.2, 0.25) is 5.02 Å². The molecule has 0 saturated carbocycles. The maximum Gasteiger partial charge on any atom is 0.193 e. The molecule has 0 aliphatic carbocycles. The quantitative estimate of drug-likeness (QED) is 0.742. The minimum atomic E-state index is -0.776. The van der Waals surface area contributed by atoms with Crippen LogP contribution in [-0.2, 0) is 0 Å². The zero-order valence-corrected chi connectivity index (χ0v) is 9.34. The molecule has 0 bridgehead atoms. The van der Waals surface area contributed by atoms with Crippen molar-refractivity contribution < 1.29 is 13.6 Å². The van der Waals surface area contributed by atoms with Crippen molar-refractivity contribution in [3.05, 3.63) is 70.2 Å². The maximum absolute atomic E-state index is 13.0. The van der Waals surface area contributed by atoms with Gasteiger partial charge in [-0.3, -0.25) is 4.79 Å². The van der Waals surface area contributed by atoms with E-state index in [0.717, 1.165) is 18.2 Å². The van der Waals surface area contributed by atoms with E-state index in [4.69, 9.17) is 11.6 Å². The zero-order valence-electron chi connectivity index (χ0n) is 8.58. The summed E-state index contributed by atoms with van der Waals surface area (Å²) in [5.41, 5.74) is 0.309. The zero-order chi connectivity index (χ0) is 12.4. The van der Waals surface area contributed by atoms with E-state index in [1.807, 2.05) is 0 Å². The van der Waals surface area contributed by atoms with Crippen LogP contribution in [0, 0.1) is 11.6 Å². The Morgan fingerprint density at radius 2 is 1.41 bits per heavy atom. The molecule has 0 amide bonds. The van der Waals surface area contributed by atoms with Gasteiger partial charge in [-0.05, 0) is 36.4 Å². The smallest absolute Gasteiger partial charge is 0.193 e. The maximum atomic E-state index is 13.0. The molecule has 0 spiro atoms. The van der Waals surface area contributed by atoms with E-state index in [2.05, 4.69) is 0 Å². The predicted molar refractivity (Wildman–Crippen MR) is 61.2 cm³/mol. The second-order valence-corrected chi connectivity index (χ2v) is 3.93. The lowest BCUT2D eigenvalue weighted by Gasteiger charge is -2.02. The van der Waals surface area contributed by atoms with Gasteiger partial charge in [-0.2, -0.15) is 0 Å². The molecule has 0 aromatic heterocycles. The molecule has 2 rings (SSSR count). The van der Waals surface area contributed by atoms with Crippen LogP contribution in [0.25, 0.3) is 0 Å². The fraction of sp³-hybridized carbons (Fsp3) is 0. The molecule has 0 N–H and O–H groups in total. The first-order chi connectivity index (χ1) is 8.06. The largest absolute Gasteiger partial charge is 0.289 e. The fourth-order valence-electron chi connectivity index (χ4n) is 1.45. The van der Waals surface area contributed by atoms with Crippen molar-refractivity contribution in [2.45, 2.75) is 0 Å². The van der Waals surface area contributed by atoms with Gasteiger partial charge in [0.25, 0.3) is 0 Å². The van der Waals surface area contributed by atoms with Gasteiger partial charge >= 0.3 is 0 Å². The Kier molecular flexibility index (Phi) is 3.20. The molecule has 4 heteroatoms. The Labute approximate surface area is 102 Å². The third-order valence-electron chi connectivity index (χ3n) is 2.23. The minimum Gasteiger partial charge on any atom is -0.289 e. The highest BCUT2D eigenvalue weighted by Crippen LogP contribution is 2.15. The molecule has 0 saturated heterocycles. The van der Waals surface area contributed by atoms with Crippen molar-refractivity contribution in [2.24, 2.45) is 0 Å². The summed E-state index contributed by atoms with van der Waals surface area (Å²) >= 11 is 5.68. The number of ketones is 1. The fourth-order valence-corrected chi connectivity index (χ4v) is 1.58. The summed E-state index contributed by atoms with van der Waals surface area (Å²) in [6, 6.07) is 8.83. The van der Waals surface area contributed by atoms with E-state index < -0.39 is 17.4 Å². The number of hydrogen-bond acceptors (Lipinski definition) is 1. The first kappa shape index (κ1) is 11.7. The van der Waals surface area contributed by atoms with Gasteiger partial charge in [-0.1, -0.05) is 11.6 Å². The topological polar surface area (TPSA) is 17.1 Å². The second-order valence-electron chi connectivity index (χ2n) is 3.49. The summed E-state index contributed by atoms with van der Waals surface area (Å²) in [6.45, 7) is 0. The van der Waals surface area contributed by atoms with Crippen molar-refractivity contribution in [3.8, 4) is 0 Å². The Hall–Kier alpha value is -1.74. The number of hydrogen-bond donors (Lipinski definition) is 0. The summed E-state index contributed by atoms with van der Waals surface area (Å²) in [5.74, 6) is -2.00. The summed E-state index contributed by atoms with van der Waals surface area (Å²) in [7, 11) is 0. The Bertz CT molecular complexity index is 544. The molecule has 86 valence electrons. The Balaban J connectivity index is 2.40. The van der Waals surface area contributed by atoms with E-state index in [1.165, 1.54) is 12.1 Å². The van der Waals surface area contributed by atoms with Gasteiger partial charge in [0.1, 0.15) is 11.6 Å². The molecular formula is C13H7ClF2O. The lowest BCUT2D eigenvalue weighted by Crippen LogP contribution is -2.02. The number of benzene rings is 2. The molecule has 0 atom stereocenters. The molecule has 0 aliphatic heterocycles. The average molecular weight is 253 g/mol. The summed E-state index contributed by atoms with van der Waals surface area (Å²) in [4.78, 5) is 11.9. The first-order valence-corrected chi connectivity index (χ1v) is 5.20. The van der Waals surface area contributed by atoms with Crippen molar-refractivity contribution in [2.75, 3.05) is 0 Å². The average Bonchev–Trinajstić information content (AvgIpc) is 2.28. The third-order valence-corrected chi connectivity index (χ3v) is 2.48. The van der Waals surface area contributed by atoms with Gasteiger partial charge in [-0.15, -0.1) is 0 Å². The summed E-state index contributed by atoms with van der Waals surface area (Å²) in [6.07, 6.45) is 0. The lowest BCUT2D eigenvalue weighted by atomic mass is 10.0. The van der Waals surface area contributed by atoms with Crippen molar-refractivity contribution in [1.29, 1.82) is 0 Å². The van der Waals surface area contributed by atoms with E-state index >= 15 is 0 Å². The van der Waals surface area contributed by atoms with E-state index in [1.54, 1.807) is 12.1 Å². The van der Waals surface area contributed by atoms with Crippen LogP contribution in [0.5, 0.6) is 0 Å². The number of halogens is 3. The van der Waals surface area contributed by atoms with Gasteiger partial charge in [0.05, 0.1) is 0 Å². The molecular weight excluding hydrogens is 246 g/mol. The highest BCUT2D eigenvalue weighted by atomic mass is 35.5. The molecule has 2 aromatic rings. The van der Waals surface area contributed by atoms with Crippen LogP contribution in [0.1, 0.15) is 15.9 Å². The SMILES string of the molecule is O=C(c1ccc(Cl)cc1)c1cc(F)cc(F)c1. The minimum absolute atomic E-state index is 0.0233. The van der Waals surface area contributed by atoms with E-state index in [9.17, 15) is 13.6 Å². The van der Waals surface area contributed by atoms with Gasteiger partial charge < -0.3 is 0 Å². The second kappa shape index (κ2) is 4.63. The van der Waals surface area contributed by atoms with Crippen LogP contribution in [0.15, 0.2) is 42.5 Å². The van der Waals surface area contributed by atoms with Gasteiger partial charge in [0.15, 0.2) is 5.78 Å². The van der Waals surface area contributed by atoms with Gasteiger partial charge in [0.2, 0.25) is 0 Å². The Morgan fingerprint density at radius 1 is 0.882 bits per heavy atom. The van der Waals surface area contributed by atoms with Gasteiger partial charge in [0, 0.05) is 22.2 Å². The summed E-state index contributed by atoms with van der Waals surface area (Å²) in [5, 5.41) is 0.493. The van der Waals surface area contributed by atoms with Crippen molar-refractivity contribution in [3.63, 3.8) is 0 Å². The molecule has 0 unspecified atom stereocenters. The molecule has 0 aliphatic rings. The highest BCUT2D eigenvalue weighted by Gasteiger charge is 2.11. The van der Waals surface area contributed by atoms with Crippen LogP contribution in [0.4, 0.5) is 8.78 Å². The van der Waals surface area contributed by atoms with Crippen LogP contribution in [0.3, 0.4) is 0 Å². The molecule has 0 fully saturated rings. The first-order valence-electron chi connectivity index (χ1n) is 4.82. The third kappa shape index (κ3) is 2.68.